The highest BCUT2D eigenvalue weighted by Gasteiger charge is 2.22. The average Bonchev–Trinajstić information content (AvgIpc) is 2.26. The third-order valence-corrected chi connectivity index (χ3v) is 3.31. The SMILES string of the molecule is CCOC(=O)CC(c1ccccc1)S(=O)(=O)[O-]. The molecule has 6 heteroatoms. The van der Waals surface area contributed by atoms with Crippen molar-refractivity contribution >= 4 is 16.1 Å². The van der Waals surface area contributed by atoms with Crippen molar-refractivity contribution in [3.8, 4) is 0 Å². The van der Waals surface area contributed by atoms with Crippen LogP contribution in [0.4, 0.5) is 0 Å². The maximum atomic E-state index is 11.2. The lowest BCUT2D eigenvalue weighted by molar-refractivity contribution is -0.143. The first-order chi connectivity index (χ1) is 7.95. The van der Waals surface area contributed by atoms with Gasteiger partial charge in [0.2, 0.25) is 0 Å². The number of esters is 1. The van der Waals surface area contributed by atoms with Crippen LogP contribution in [0, 0.1) is 0 Å². The summed E-state index contributed by atoms with van der Waals surface area (Å²) in [4.78, 5) is 11.2. The summed E-state index contributed by atoms with van der Waals surface area (Å²) in [6, 6.07) is 7.92. The fraction of sp³-hybridized carbons (Fsp3) is 0.364. The van der Waals surface area contributed by atoms with Crippen LogP contribution in [0.2, 0.25) is 0 Å². The average molecular weight is 257 g/mol. The molecule has 1 atom stereocenters. The monoisotopic (exact) mass is 257 g/mol. The van der Waals surface area contributed by atoms with E-state index in [9.17, 15) is 17.8 Å². The molecule has 0 radical (unpaired) electrons. The number of carbonyl (C=O) groups excluding carboxylic acids is 1. The Hall–Kier alpha value is -1.40. The Morgan fingerprint density at radius 2 is 1.94 bits per heavy atom. The summed E-state index contributed by atoms with van der Waals surface area (Å²) < 4.78 is 38.0. The van der Waals surface area contributed by atoms with E-state index in [-0.39, 0.29) is 6.61 Å². The summed E-state index contributed by atoms with van der Waals surface area (Å²) in [6.45, 7) is 1.76. The molecule has 0 N–H and O–H groups in total. The minimum atomic E-state index is -4.58. The highest BCUT2D eigenvalue weighted by molar-refractivity contribution is 7.86. The Bertz CT molecular complexity index is 466. The van der Waals surface area contributed by atoms with E-state index in [0.717, 1.165) is 0 Å². The lowest BCUT2D eigenvalue weighted by atomic mass is 10.1. The Kier molecular flexibility index (Phi) is 4.65. The topological polar surface area (TPSA) is 83.5 Å². The van der Waals surface area contributed by atoms with Gasteiger partial charge in [-0.1, -0.05) is 30.3 Å². The molecule has 0 aliphatic heterocycles. The van der Waals surface area contributed by atoms with Gasteiger partial charge < -0.3 is 9.29 Å². The van der Waals surface area contributed by atoms with E-state index in [1.54, 1.807) is 25.1 Å². The zero-order valence-electron chi connectivity index (χ0n) is 9.33. The summed E-state index contributed by atoms with van der Waals surface area (Å²) in [5, 5.41) is -1.39. The molecule has 0 heterocycles. The molecule has 0 bridgehead atoms. The zero-order valence-corrected chi connectivity index (χ0v) is 10.1. The van der Waals surface area contributed by atoms with Gasteiger partial charge in [0.05, 0.1) is 18.3 Å². The molecule has 0 aliphatic rings. The van der Waals surface area contributed by atoms with E-state index < -0.39 is 27.8 Å². The fourth-order valence-corrected chi connectivity index (χ4v) is 2.26. The quantitative estimate of drug-likeness (QED) is 0.585. The lowest BCUT2D eigenvalue weighted by Gasteiger charge is -2.20. The summed E-state index contributed by atoms with van der Waals surface area (Å²) in [7, 11) is -4.58. The first-order valence-corrected chi connectivity index (χ1v) is 6.57. The third kappa shape index (κ3) is 4.16. The number of rotatable bonds is 5. The van der Waals surface area contributed by atoms with E-state index in [2.05, 4.69) is 4.74 Å². The minimum absolute atomic E-state index is 0.152. The van der Waals surface area contributed by atoms with Crippen molar-refractivity contribution in [3.63, 3.8) is 0 Å². The standard InChI is InChI=1S/C11H14O5S/c1-2-16-11(12)8-10(17(13,14)15)9-6-4-3-5-7-9/h3-7,10H,2,8H2,1H3,(H,13,14,15)/p-1. The first-order valence-electron chi connectivity index (χ1n) is 5.10. The summed E-state index contributed by atoms with van der Waals surface area (Å²) in [6.07, 6.45) is -0.455. The van der Waals surface area contributed by atoms with Crippen molar-refractivity contribution < 1.29 is 22.5 Å². The van der Waals surface area contributed by atoms with Gasteiger partial charge in [0.25, 0.3) is 0 Å². The van der Waals surface area contributed by atoms with Crippen LogP contribution in [0.25, 0.3) is 0 Å². The molecule has 0 fully saturated rings. The van der Waals surface area contributed by atoms with E-state index >= 15 is 0 Å². The molecule has 1 unspecified atom stereocenters. The highest BCUT2D eigenvalue weighted by Crippen LogP contribution is 2.25. The molecule has 1 aromatic carbocycles. The Morgan fingerprint density at radius 1 is 1.35 bits per heavy atom. The van der Waals surface area contributed by atoms with Crippen molar-refractivity contribution in [2.45, 2.75) is 18.6 Å². The number of hydrogen-bond donors (Lipinski definition) is 0. The molecule has 94 valence electrons. The normalized spacial score (nSPS) is 13.1. The molecule has 1 aromatic rings. The molecule has 0 saturated heterocycles. The lowest BCUT2D eigenvalue weighted by Crippen LogP contribution is -2.18. The van der Waals surface area contributed by atoms with Crippen LogP contribution in [0.1, 0.15) is 24.2 Å². The molecule has 5 nitrogen and oxygen atoms in total. The van der Waals surface area contributed by atoms with Gasteiger partial charge in [0.1, 0.15) is 10.1 Å². The Labute approximate surface area is 100 Å². The molecular formula is C11H13O5S-. The van der Waals surface area contributed by atoms with Crippen molar-refractivity contribution in [2.75, 3.05) is 6.61 Å². The van der Waals surface area contributed by atoms with Crippen LogP contribution in [0.3, 0.4) is 0 Å². The number of hydrogen-bond acceptors (Lipinski definition) is 5. The predicted octanol–water partition coefficient (Wildman–Crippen LogP) is 1.23. The molecular weight excluding hydrogens is 244 g/mol. The summed E-state index contributed by atoms with van der Waals surface area (Å²) in [5.74, 6) is -0.694. The zero-order chi connectivity index (χ0) is 12.9. The van der Waals surface area contributed by atoms with Crippen LogP contribution in [0.5, 0.6) is 0 Å². The van der Waals surface area contributed by atoms with Gasteiger partial charge in [-0.3, -0.25) is 4.79 Å². The van der Waals surface area contributed by atoms with Crippen LogP contribution in [-0.2, 0) is 19.6 Å². The van der Waals surface area contributed by atoms with Crippen LogP contribution in [0.15, 0.2) is 30.3 Å². The van der Waals surface area contributed by atoms with E-state index in [4.69, 9.17) is 0 Å². The van der Waals surface area contributed by atoms with Crippen LogP contribution < -0.4 is 0 Å². The molecule has 1 rings (SSSR count). The maximum Gasteiger partial charge on any atom is 0.307 e. The second kappa shape index (κ2) is 5.79. The third-order valence-electron chi connectivity index (χ3n) is 2.18. The minimum Gasteiger partial charge on any atom is -0.747 e. The Morgan fingerprint density at radius 3 is 2.41 bits per heavy atom. The number of ether oxygens (including phenoxy) is 1. The molecule has 0 aliphatic carbocycles. The first kappa shape index (κ1) is 13.7. The van der Waals surface area contributed by atoms with Gasteiger partial charge in [-0.25, -0.2) is 8.42 Å². The smallest absolute Gasteiger partial charge is 0.307 e. The van der Waals surface area contributed by atoms with E-state index in [1.807, 2.05) is 0 Å². The van der Waals surface area contributed by atoms with Crippen molar-refractivity contribution in [2.24, 2.45) is 0 Å². The van der Waals surface area contributed by atoms with Gasteiger partial charge in [-0.2, -0.15) is 0 Å². The number of carbonyl (C=O) groups is 1. The molecule has 0 spiro atoms. The second-order valence-corrected chi connectivity index (χ2v) is 4.96. The van der Waals surface area contributed by atoms with Gasteiger partial charge >= 0.3 is 5.97 Å². The largest absolute Gasteiger partial charge is 0.747 e. The second-order valence-electron chi connectivity index (χ2n) is 3.40. The van der Waals surface area contributed by atoms with Gasteiger partial charge in [-0.15, -0.1) is 0 Å². The van der Waals surface area contributed by atoms with Gasteiger partial charge in [0.15, 0.2) is 0 Å². The predicted molar refractivity (Wildman–Crippen MR) is 60.1 cm³/mol. The summed E-state index contributed by atoms with van der Waals surface area (Å²) >= 11 is 0. The van der Waals surface area contributed by atoms with Gasteiger partial charge in [0, 0.05) is 0 Å². The highest BCUT2D eigenvalue weighted by atomic mass is 32.2. The fourth-order valence-electron chi connectivity index (χ4n) is 1.43. The van der Waals surface area contributed by atoms with E-state index in [0.29, 0.717) is 5.56 Å². The van der Waals surface area contributed by atoms with Crippen molar-refractivity contribution in [3.05, 3.63) is 35.9 Å². The van der Waals surface area contributed by atoms with Crippen molar-refractivity contribution in [1.29, 1.82) is 0 Å². The molecule has 0 aromatic heterocycles. The summed E-state index contributed by atoms with van der Waals surface area (Å²) in [5.41, 5.74) is 0.301. The Balaban J connectivity index is 2.95. The van der Waals surface area contributed by atoms with Gasteiger partial charge in [-0.05, 0) is 12.5 Å². The van der Waals surface area contributed by atoms with Crippen LogP contribution in [-0.4, -0.2) is 25.5 Å². The molecule has 0 saturated carbocycles. The maximum absolute atomic E-state index is 11.2. The van der Waals surface area contributed by atoms with Crippen molar-refractivity contribution in [1.82, 2.24) is 0 Å². The molecule has 17 heavy (non-hydrogen) atoms. The molecule has 0 amide bonds. The number of benzene rings is 1. The van der Waals surface area contributed by atoms with Crippen LogP contribution >= 0.6 is 0 Å². The van der Waals surface area contributed by atoms with E-state index in [1.165, 1.54) is 12.1 Å².